The molecule has 9 heavy (non-hydrogen) atoms. The summed E-state index contributed by atoms with van der Waals surface area (Å²) in [5, 5.41) is 8.45. The van der Waals surface area contributed by atoms with Crippen LogP contribution < -0.4 is 0 Å². The average Bonchev–Trinajstić information content (AvgIpc) is 1.65. The number of hydrogen-bond donors (Lipinski definition) is 1. The van der Waals surface area contributed by atoms with Crippen LogP contribution in [0.2, 0.25) is 0 Å². The number of aliphatic hydroxyl groups excluding tert-OH is 1. The normalized spacial score (nSPS) is 6.67. The van der Waals surface area contributed by atoms with Crippen molar-refractivity contribution < 1.29 is 43.3 Å². The van der Waals surface area contributed by atoms with Crippen LogP contribution in [0.4, 0.5) is 0 Å². The minimum absolute atomic E-state index is 0. The van der Waals surface area contributed by atoms with E-state index in [1.54, 1.807) is 0 Å². The van der Waals surface area contributed by atoms with Gasteiger partial charge in [-0.2, -0.15) is 0 Å². The van der Waals surface area contributed by atoms with Gasteiger partial charge < -0.3 is 10.6 Å². The van der Waals surface area contributed by atoms with E-state index >= 15 is 0 Å². The van der Waals surface area contributed by atoms with Gasteiger partial charge in [0, 0.05) is 32.7 Å². The van der Waals surface area contributed by atoms with Gasteiger partial charge in [0.05, 0.1) is 6.61 Å². The summed E-state index contributed by atoms with van der Waals surface area (Å²) in [6.45, 7) is 6.11. The summed E-state index contributed by atoms with van der Waals surface area (Å²) in [5.74, 6) is 0. The first-order chi connectivity index (χ1) is 3.18. The van der Waals surface area contributed by atoms with Crippen LogP contribution in [0.1, 0.15) is 20.8 Å². The molecule has 0 aliphatic heterocycles. The standard InChI is InChI=1S/C6H12O.H2O.Y/c1-5(2)6(3)4-7;;/h7H,4H2,1-3H3;1H2;. The van der Waals surface area contributed by atoms with Crippen LogP contribution >= 0.6 is 0 Å². The summed E-state index contributed by atoms with van der Waals surface area (Å²) < 4.78 is 0. The van der Waals surface area contributed by atoms with Gasteiger partial charge in [-0.25, -0.2) is 0 Å². The zero-order valence-corrected chi connectivity index (χ0v) is 9.07. The van der Waals surface area contributed by atoms with Crippen molar-refractivity contribution in [3.8, 4) is 0 Å². The molecule has 0 saturated heterocycles. The van der Waals surface area contributed by atoms with Crippen LogP contribution in [0, 0.1) is 0 Å². The molecular weight excluding hydrogens is 193 g/mol. The molecule has 0 atom stereocenters. The largest absolute Gasteiger partial charge is 0.412 e. The Morgan fingerprint density at radius 2 is 1.56 bits per heavy atom. The van der Waals surface area contributed by atoms with Crippen molar-refractivity contribution in [3.63, 3.8) is 0 Å². The smallest absolute Gasteiger partial charge is 0.0641 e. The van der Waals surface area contributed by atoms with Gasteiger partial charge in [0.15, 0.2) is 0 Å². The van der Waals surface area contributed by atoms with Crippen molar-refractivity contribution in [3.05, 3.63) is 11.1 Å². The monoisotopic (exact) mass is 207 g/mol. The molecule has 0 aliphatic rings. The Morgan fingerprint density at radius 1 is 1.22 bits per heavy atom. The molecular formula is C6H14O2Y. The molecule has 0 saturated carbocycles. The molecule has 0 aliphatic carbocycles. The van der Waals surface area contributed by atoms with Gasteiger partial charge in [-0.3, -0.25) is 0 Å². The van der Waals surface area contributed by atoms with Crippen molar-refractivity contribution >= 4 is 0 Å². The van der Waals surface area contributed by atoms with Crippen LogP contribution in [0.15, 0.2) is 11.1 Å². The van der Waals surface area contributed by atoms with E-state index in [0.29, 0.717) is 0 Å². The predicted octanol–water partition coefficient (Wildman–Crippen LogP) is 0.508. The fourth-order valence-electron chi connectivity index (χ4n) is 0.158. The van der Waals surface area contributed by atoms with Gasteiger partial charge in [-0.15, -0.1) is 0 Å². The number of aliphatic hydroxyl groups is 1. The predicted molar refractivity (Wildman–Crippen MR) is 34.7 cm³/mol. The van der Waals surface area contributed by atoms with Gasteiger partial charge in [-0.1, -0.05) is 5.57 Å². The first-order valence-corrected chi connectivity index (χ1v) is 2.42. The molecule has 53 valence electrons. The van der Waals surface area contributed by atoms with E-state index in [1.165, 1.54) is 5.57 Å². The Kier molecular flexibility index (Phi) is 16.0. The first-order valence-electron chi connectivity index (χ1n) is 2.42. The van der Waals surface area contributed by atoms with Crippen molar-refractivity contribution in [1.29, 1.82) is 0 Å². The first kappa shape index (κ1) is 16.4. The second-order valence-electron chi connectivity index (χ2n) is 1.94. The van der Waals surface area contributed by atoms with Gasteiger partial charge in [0.2, 0.25) is 0 Å². The van der Waals surface area contributed by atoms with Crippen LogP contribution in [0.3, 0.4) is 0 Å². The third kappa shape index (κ3) is 8.76. The maximum absolute atomic E-state index is 8.45. The SMILES string of the molecule is CC(C)=C(C)CO.O.[Y]. The molecule has 0 aromatic heterocycles. The van der Waals surface area contributed by atoms with E-state index in [1.807, 2.05) is 20.8 Å². The molecule has 0 aromatic carbocycles. The summed E-state index contributed by atoms with van der Waals surface area (Å²) >= 11 is 0. The minimum Gasteiger partial charge on any atom is -0.412 e. The Morgan fingerprint density at radius 3 is 1.56 bits per heavy atom. The van der Waals surface area contributed by atoms with Crippen LogP contribution in [0.5, 0.6) is 0 Å². The van der Waals surface area contributed by atoms with Crippen LogP contribution in [-0.2, 0) is 32.7 Å². The van der Waals surface area contributed by atoms with Gasteiger partial charge in [-0.05, 0) is 26.3 Å². The molecule has 0 aromatic rings. The fourth-order valence-corrected chi connectivity index (χ4v) is 0.158. The third-order valence-corrected chi connectivity index (χ3v) is 1.09. The number of rotatable bonds is 1. The molecule has 0 amide bonds. The second kappa shape index (κ2) is 8.76. The van der Waals surface area contributed by atoms with Crippen LogP contribution in [-0.4, -0.2) is 17.2 Å². The third-order valence-electron chi connectivity index (χ3n) is 1.09. The Bertz CT molecular complexity index is 85.1. The maximum atomic E-state index is 8.45. The molecule has 0 heterocycles. The van der Waals surface area contributed by atoms with Gasteiger partial charge >= 0.3 is 0 Å². The van der Waals surface area contributed by atoms with E-state index in [-0.39, 0.29) is 44.8 Å². The van der Waals surface area contributed by atoms with E-state index in [0.717, 1.165) is 5.57 Å². The topological polar surface area (TPSA) is 51.7 Å². The molecule has 0 bridgehead atoms. The number of allylic oxidation sites excluding steroid dienone is 1. The number of hydrogen-bond acceptors (Lipinski definition) is 1. The summed E-state index contributed by atoms with van der Waals surface area (Å²) in [6, 6.07) is 0. The quantitative estimate of drug-likeness (QED) is 0.625. The fraction of sp³-hybridized carbons (Fsp3) is 0.667. The summed E-state index contributed by atoms with van der Waals surface area (Å²) in [4.78, 5) is 0. The zero-order valence-electron chi connectivity index (χ0n) is 6.23. The Balaban J connectivity index is -0.000000180. The molecule has 1 radical (unpaired) electrons. The average molecular weight is 207 g/mol. The molecule has 0 rings (SSSR count). The van der Waals surface area contributed by atoms with Crippen molar-refractivity contribution in [2.24, 2.45) is 0 Å². The van der Waals surface area contributed by atoms with E-state index in [2.05, 4.69) is 0 Å². The van der Waals surface area contributed by atoms with Gasteiger partial charge in [0.1, 0.15) is 0 Å². The molecule has 3 heteroatoms. The molecule has 0 unspecified atom stereocenters. The molecule has 2 nitrogen and oxygen atoms in total. The zero-order chi connectivity index (χ0) is 5.86. The molecule has 0 fully saturated rings. The Labute approximate surface area is 81.5 Å². The van der Waals surface area contributed by atoms with Crippen molar-refractivity contribution in [2.75, 3.05) is 6.61 Å². The molecule has 3 N–H and O–H groups in total. The van der Waals surface area contributed by atoms with E-state index < -0.39 is 0 Å². The Hall–Kier alpha value is 0.764. The van der Waals surface area contributed by atoms with E-state index in [4.69, 9.17) is 5.11 Å². The van der Waals surface area contributed by atoms with E-state index in [9.17, 15) is 0 Å². The molecule has 0 spiro atoms. The van der Waals surface area contributed by atoms with Crippen molar-refractivity contribution in [1.82, 2.24) is 0 Å². The summed E-state index contributed by atoms with van der Waals surface area (Å²) in [5.41, 5.74) is 2.28. The minimum atomic E-state index is 0. The van der Waals surface area contributed by atoms with Crippen molar-refractivity contribution in [2.45, 2.75) is 20.8 Å². The second-order valence-corrected chi connectivity index (χ2v) is 1.94. The summed E-state index contributed by atoms with van der Waals surface area (Å²) in [6.07, 6.45) is 0. The van der Waals surface area contributed by atoms with Gasteiger partial charge in [0.25, 0.3) is 0 Å². The summed E-state index contributed by atoms with van der Waals surface area (Å²) in [7, 11) is 0. The van der Waals surface area contributed by atoms with Crippen LogP contribution in [0.25, 0.3) is 0 Å². The maximum Gasteiger partial charge on any atom is 0.0641 e.